The summed E-state index contributed by atoms with van der Waals surface area (Å²) in [6.07, 6.45) is 2.61. The minimum absolute atomic E-state index is 0.160. The predicted molar refractivity (Wildman–Crippen MR) is 77.4 cm³/mol. The van der Waals surface area contributed by atoms with E-state index < -0.39 is 10.0 Å². The summed E-state index contributed by atoms with van der Waals surface area (Å²) in [5.41, 5.74) is 0.889. The van der Waals surface area contributed by atoms with Gasteiger partial charge in [0, 0.05) is 31.2 Å². The highest BCUT2D eigenvalue weighted by Gasteiger charge is 2.24. The largest absolute Gasteiger partial charge is 0.310 e. The maximum Gasteiger partial charge on any atom is 0.211 e. The van der Waals surface area contributed by atoms with E-state index in [-0.39, 0.29) is 11.9 Å². The van der Waals surface area contributed by atoms with Crippen LogP contribution in [0.2, 0.25) is 0 Å². The Morgan fingerprint density at radius 1 is 1.43 bits per heavy atom. The van der Waals surface area contributed by atoms with Crippen LogP contribution in [0.3, 0.4) is 0 Å². The Morgan fingerprint density at radius 2 is 2.10 bits per heavy atom. The maximum atomic E-state index is 13.6. The minimum atomic E-state index is -3.12. The van der Waals surface area contributed by atoms with Gasteiger partial charge in [0.05, 0.1) is 17.9 Å². The van der Waals surface area contributed by atoms with E-state index in [9.17, 15) is 12.8 Å². The van der Waals surface area contributed by atoms with Crippen LogP contribution >= 0.6 is 0 Å². The molecule has 0 radical (unpaired) electrons. The lowest BCUT2D eigenvalue weighted by atomic mass is 10.1. The number of hydrogen-bond acceptors (Lipinski definition) is 4. The molecule has 1 N–H and O–H groups in total. The molecule has 1 saturated heterocycles. The summed E-state index contributed by atoms with van der Waals surface area (Å²) in [7, 11) is -3.12. The van der Waals surface area contributed by atoms with Crippen molar-refractivity contribution in [3.05, 3.63) is 35.1 Å². The fourth-order valence-corrected chi connectivity index (χ4v) is 3.30. The number of hydrogen-bond donors (Lipinski definition) is 1. The first-order chi connectivity index (χ1) is 9.90. The van der Waals surface area contributed by atoms with E-state index in [0.29, 0.717) is 43.6 Å². The quantitative estimate of drug-likeness (QED) is 0.907. The maximum absolute atomic E-state index is 13.6. The summed E-state index contributed by atoms with van der Waals surface area (Å²) in [6, 6.07) is 6.42. The van der Waals surface area contributed by atoms with Gasteiger partial charge in [0.15, 0.2) is 0 Å². The lowest BCUT2D eigenvalue weighted by molar-refractivity contribution is 0.289. The molecule has 1 aliphatic heterocycles. The summed E-state index contributed by atoms with van der Waals surface area (Å²) in [5, 5.41) is 12.1. The zero-order chi connectivity index (χ0) is 15.5. The molecule has 1 aromatic carbocycles. The monoisotopic (exact) mass is 311 g/mol. The Morgan fingerprint density at radius 3 is 2.67 bits per heavy atom. The Bertz CT molecular complexity index is 647. The lowest BCUT2D eigenvalue weighted by Crippen LogP contribution is -2.44. The Balaban J connectivity index is 1.89. The molecule has 0 atom stereocenters. The normalized spacial score (nSPS) is 17.6. The van der Waals surface area contributed by atoms with Crippen molar-refractivity contribution in [1.29, 1.82) is 5.26 Å². The lowest BCUT2D eigenvalue weighted by Gasteiger charge is -2.30. The van der Waals surface area contributed by atoms with Gasteiger partial charge in [-0.3, -0.25) is 0 Å². The van der Waals surface area contributed by atoms with Crippen LogP contribution in [-0.4, -0.2) is 38.1 Å². The molecule has 7 heteroatoms. The second-order valence-corrected chi connectivity index (χ2v) is 7.22. The summed E-state index contributed by atoms with van der Waals surface area (Å²) >= 11 is 0. The average molecular weight is 311 g/mol. The second-order valence-electron chi connectivity index (χ2n) is 5.24. The first-order valence-electron chi connectivity index (χ1n) is 6.77. The molecule has 0 aliphatic carbocycles. The third kappa shape index (κ3) is 4.24. The Labute approximate surface area is 124 Å². The van der Waals surface area contributed by atoms with Crippen molar-refractivity contribution in [1.82, 2.24) is 9.62 Å². The number of nitrogens with one attached hydrogen (secondary N) is 1. The molecular weight excluding hydrogens is 293 g/mol. The summed E-state index contributed by atoms with van der Waals surface area (Å²) in [5.74, 6) is -0.338. The van der Waals surface area contributed by atoms with Crippen LogP contribution in [0.5, 0.6) is 0 Å². The van der Waals surface area contributed by atoms with E-state index in [0.717, 1.165) is 0 Å². The van der Waals surface area contributed by atoms with Crippen molar-refractivity contribution in [2.24, 2.45) is 0 Å². The number of nitrogens with zero attached hydrogens (tertiary/aromatic N) is 2. The number of rotatable bonds is 4. The molecule has 0 amide bonds. The van der Waals surface area contributed by atoms with Gasteiger partial charge in [0.1, 0.15) is 5.82 Å². The molecule has 0 saturated carbocycles. The first-order valence-corrected chi connectivity index (χ1v) is 8.62. The molecule has 1 aromatic rings. The van der Waals surface area contributed by atoms with Crippen molar-refractivity contribution in [2.75, 3.05) is 19.3 Å². The van der Waals surface area contributed by atoms with Crippen LogP contribution < -0.4 is 5.32 Å². The molecule has 21 heavy (non-hydrogen) atoms. The zero-order valence-electron chi connectivity index (χ0n) is 11.8. The van der Waals surface area contributed by atoms with E-state index in [1.807, 2.05) is 6.07 Å². The number of piperidine rings is 1. The number of sulfonamides is 1. The standard InChI is InChI=1S/C14H18FN3O2S/c1-21(19,20)18-6-4-13(5-7-18)17-10-12-8-11(9-16)2-3-14(12)15/h2-3,8,13,17H,4-7,10H2,1H3. The molecule has 0 unspecified atom stereocenters. The van der Waals surface area contributed by atoms with Crippen molar-refractivity contribution in [3.8, 4) is 6.07 Å². The molecular formula is C14H18FN3O2S. The van der Waals surface area contributed by atoms with Crippen LogP contribution in [0, 0.1) is 17.1 Å². The van der Waals surface area contributed by atoms with Gasteiger partial charge in [-0.1, -0.05) is 0 Å². The van der Waals surface area contributed by atoms with Crippen molar-refractivity contribution >= 4 is 10.0 Å². The van der Waals surface area contributed by atoms with Gasteiger partial charge in [-0.15, -0.1) is 0 Å². The number of nitriles is 1. The van der Waals surface area contributed by atoms with Gasteiger partial charge in [-0.2, -0.15) is 5.26 Å². The van der Waals surface area contributed by atoms with Crippen LogP contribution in [0.4, 0.5) is 4.39 Å². The molecule has 1 aliphatic rings. The van der Waals surface area contributed by atoms with Gasteiger partial charge < -0.3 is 5.32 Å². The van der Waals surface area contributed by atoms with E-state index >= 15 is 0 Å². The highest BCUT2D eigenvalue weighted by molar-refractivity contribution is 7.88. The zero-order valence-corrected chi connectivity index (χ0v) is 12.7. The fourth-order valence-electron chi connectivity index (χ4n) is 2.43. The van der Waals surface area contributed by atoms with E-state index in [4.69, 9.17) is 5.26 Å². The number of benzene rings is 1. The van der Waals surface area contributed by atoms with E-state index in [1.165, 1.54) is 28.8 Å². The van der Waals surface area contributed by atoms with Gasteiger partial charge in [-0.25, -0.2) is 17.1 Å². The van der Waals surface area contributed by atoms with Gasteiger partial charge >= 0.3 is 0 Å². The number of halogens is 1. The Hall–Kier alpha value is -1.49. The molecule has 2 rings (SSSR count). The molecule has 0 spiro atoms. The van der Waals surface area contributed by atoms with Gasteiger partial charge in [0.25, 0.3) is 0 Å². The van der Waals surface area contributed by atoms with Crippen molar-refractivity contribution < 1.29 is 12.8 Å². The van der Waals surface area contributed by atoms with Crippen LogP contribution in [-0.2, 0) is 16.6 Å². The summed E-state index contributed by atoms with van der Waals surface area (Å²) < 4.78 is 37.9. The third-order valence-corrected chi connectivity index (χ3v) is 4.98. The highest BCUT2D eigenvalue weighted by atomic mass is 32.2. The van der Waals surface area contributed by atoms with Crippen molar-refractivity contribution in [2.45, 2.75) is 25.4 Å². The smallest absolute Gasteiger partial charge is 0.211 e. The molecule has 0 aromatic heterocycles. The second kappa shape index (κ2) is 6.52. The minimum Gasteiger partial charge on any atom is -0.310 e. The van der Waals surface area contributed by atoms with Crippen molar-refractivity contribution in [3.63, 3.8) is 0 Å². The topological polar surface area (TPSA) is 73.2 Å². The fraction of sp³-hybridized carbons (Fsp3) is 0.500. The molecule has 1 heterocycles. The average Bonchev–Trinajstić information content (AvgIpc) is 2.46. The summed E-state index contributed by atoms with van der Waals surface area (Å²) in [4.78, 5) is 0. The SMILES string of the molecule is CS(=O)(=O)N1CCC(NCc2cc(C#N)ccc2F)CC1. The molecule has 5 nitrogen and oxygen atoms in total. The van der Waals surface area contributed by atoms with Crippen LogP contribution in [0.15, 0.2) is 18.2 Å². The van der Waals surface area contributed by atoms with Gasteiger partial charge in [0.2, 0.25) is 10.0 Å². The van der Waals surface area contributed by atoms with E-state index in [1.54, 1.807) is 0 Å². The molecule has 0 bridgehead atoms. The van der Waals surface area contributed by atoms with Crippen LogP contribution in [0.1, 0.15) is 24.0 Å². The Kier molecular flexibility index (Phi) is 4.93. The first kappa shape index (κ1) is 15.9. The molecule has 114 valence electrons. The highest BCUT2D eigenvalue weighted by Crippen LogP contribution is 2.15. The predicted octanol–water partition coefficient (Wildman–Crippen LogP) is 1.21. The third-order valence-electron chi connectivity index (χ3n) is 3.68. The van der Waals surface area contributed by atoms with E-state index in [2.05, 4.69) is 5.32 Å². The summed E-state index contributed by atoms with van der Waals surface area (Å²) in [6.45, 7) is 1.30. The molecule has 1 fully saturated rings. The van der Waals surface area contributed by atoms with Crippen LogP contribution in [0.25, 0.3) is 0 Å². The van der Waals surface area contributed by atoms with Gasteiger partial charge in [-0.05, 0) is 31.0 Å².